The van der Waals surface area contributed by atoms with E-state index in [2.05, 4.69) is 68.6 Å². The van der Waals surface area contributed by atoms with E-state index in [-0.39, 0.29) is 31.5 Å². The summed E-state index contributed by atoms with van der Waals surface area (Å²) >= 11 is 0. The second-order valence-electron chi connectivity index (χ2n) is 18.0. The van der Waals surface area contributed by atoms with Crippen LogP contribution in [0.2, 0.25) is 0 Å². The Hall–Kier alpha value is -2.29. The maximum Gasteiger partial charge on any atom is 0.472 e. The zero-order valence-electron chi connectivity index (χ0n) is 40.8. The summed E-state index contributed by atoms with van der Waals surface area (Å²) in [7, 11) is 1.47. The minimum atomic E-state index is -4.44. The molecule has 62 heavy (non-hydrogen) atoms. The monoisotopic (exact) mass is 892 g/mol. The van der Waals surface area contributed by atoms with Gasteiger partial charge in [-0.15, -0.1) is 0 Å². The van der Waals surface area contributed by atoms with Gasteiger partial charge in [0.2, 0.25) is 5.91 Å². The standard InChI is InChI=1S/C52H95N2O7P/c1-7-10-13-16-19-22-25-27-30-32-35-38-41-44-51(55)53-49(48-60-62(57,58)59-47-46-54(4,5)6)50(43-40-37-34-31-29-26-23-20-17-14-11-8-2)61-52(56)45-42-39-36-33-28-24-21-18-15-12-9-3/h10,13,16,18-19,21-22,25,40,43,49-50H,7-9,11-12,14-15,17,20,23-24,26-39,41-42,44-48H2,1-6H3,(H-,53,55,57,58)/p+1/b13-10+,19-16+,21-18-,25-22-,43-40+. The third kappa shape index (κ3) is 43.0. The Balaban J connectivity index is 5.51. The largest absolute Gasteiger partial charge is 0.472 e. The number of hydrogen-bond acceptors (Lipinski definition) is 6. The number of esters is 1. The molecule has 0 bridgehead atoms. The number of allylic oxidation sites excluding steroid dienone is 9. The molecule has 0 saturated carbocycles. The molecule has 0 rings (SSSR count). The van der Waals surface area contributed by atoms with Gasteiger partial charge in [-0.25, -0.2) is 4.57 Å². The number of hydrogen-bond donors (Lipinski definition) is 2. The van der Waals surface area contributed by atoms with Gasteiger partial charge < -0.3 is 19.4 Å². The Kier molecular flexibility index (Phi) is 41.1. The number of ether oxygens (including phenoxy) is 1. The number of likely N-dealkylation sites (N-methyl/N-ethyl adjacent to an activating group) is 1. The predicted octanol–water partition coefficient (Wildman–Crippen LogP) is 14.4. The van der Waals surface area contributed by atoms with Crippen molar-refractivity contribution >= 4 is 19.7 Å². The maximum atomic E-state index is 13.4. The quantitative estimate of drug-likeness (QED) is 0.0156. The molecule has 9 nitrogen and oxygen atoms in total. The van der Waals surface area contributed by atoms with Crippen molar-refractivity contribution in [1.29, 1.82) is 0 Å². The molecule has 0 radical (unpaired) electrons. The van der Waals surface area contributed by atoms with Gasteiger partial charge in [0, 0.05) is 12.8 Å². The summed E-state index contributed by atoms with van der Waals surface area (Å²) in [6.07, 6.45) is 50.7. The molecule has 0 spiro atoms. The van der Waals surface area contributed by atoms with Crippen LogP contribution in [0.25, 0.3) is 0 Å². The van der Waals surface area contributed by atoms with Crippen LogP contribution in [-0.2, 0) is 27.9 Å². The third-order valence-electron chi connectivity index (χ3n) is 10.8. The number of unbranched alkanes of at least 4 members (excludes halogenated alkanes) is 22. The number of rotatable bonds is 44. The minimum absolute atomic E-state index is 0.0329. The Morgan fingerprint density at radius 3 is 1.63 bits per heavy atom. The number of carbonyl (C=O) groups excluding carboxylic acids is 2. The Morgan fingerprint density at radius 1 is 0.581 bits per heavy atom. The molecular formula is C52H96N2O7P+. The van der Waals surface area contributed by atoms with E-state index < -0.39 is 20.0 Å². The molecule has 360 valence electrons. The van der Waals surface area contributed by atoms with Crippen LogP contribution in [-0.4, -0.2) is 74.3 Å². The first-order valence-corrected chi connectivity index (χ1v) is 26.6. The van der Waals surface area contributed by atoms with Gasteiger partial charge in [-0.3, -0.25) is 18.6 Å². The van der Waals surface area contributed by atoms with Crippen molar-refractivity contribution in [2.75, 3.05) is 40.9 Å². The summed E-state index contributed by atoms with van der Waals surface area (Å²) in [6, 6.07) is -0.860. The van der Waals surface area contributed by atoms with E-state index in [0.717, 1.165) is 109 Å². The molecule has 0 aliphatic heterocycles. The fraction of sp³-hybridized carbons (Fsp3) is 0.769. The second kappa shape index (κ2) is 42.6. The van der Waals surface area contributed by atoms with E-state index in [9.17, 15) is 19.0 Å². The second-order valence-corrected chi connectivity index (χ2v) is 19.5. The first-order chi connectivity index (χ1) is 29.9. The van der Waals surface area contributed by atoms with Crippen molar-refractivity contribution in [2.24, 2.45) is 0 Å². The van der Waals surface area contributed by atoms with E-state index in [1.807, 2.05) is 39.4 Å². The lowest BCUT2D eigenvalue weighted by Crippen LogP contribution is -2.47. The van der Waals surface area contributed by atoms with E-state index in [0.29, 0.717) is 17.4 Å². The molecule has 0 saturated heterocycles. The Morgan fingerprint density at radius 2 is 1.06 bits per heavy atom. The van der Waals surface area contributed by atoms with Gasteiger partial charge in [-0.2, -0.15) is 0 Å². The van der Waals surface area contributed by atoms with Gasteiger partial charge in [0.1, 0.15) is 19.3 Å². The number of nitrogens with one attached hydrogen (secondary N) is 1. The molecule has 0 aliphatic rings. The number of carbonyl (C=O) groups is 2. The average molecular weight is 892 g/mol. The molecule has 0 aromatic heterocycles. The summed E-state index contributed by atoms with van der Waals surface area (Å²) in [5.74, 6) is -0.546. The van der Waals surface area contributed by atoms with E-state index in [4.69, 9.17) is 13.8 Å². The highest BCUT2D eigenvalue weighted by Crippen LogP contribution is 2.43. The van der Waals surface area contributed by atoms with Crippen molar-refractivity contribution < 1.29 is 37.3 Å². The molecular weight excluding hydrogens is 796 g/mol. The van der Waals surface area contributed by atoms with Crippen molar-refractivity contribution in [2.45, 2.75) is 219 Å². The maximum absolute atomic E-state index is 13.4. The molecule has 1 amide bonds. The molecule has 3 unspecified atom stereocenters. The van der Waals surface area contributed by atoms with Gasteiger partial charge >= 0.3 is 13.8 Å². The van der Waals surface area contributed by atoms with Crippen LogP contribution in [0.4, 0.5) is 0 Å². The Bertz CT molecular complexity index is 1260. The van der Waals surface area contributed by atoms with Crippen molar-refractivity contribution in [3.8, 4) is 0 Å². The Labute approximate surface area is 381 Å². The minimum Gasteiger partial charge on any atom is -0.456 e. The number of amides is 1. The molecule has 0 heterocycles. The van der Waals surface area contributed by atoms with Crippen LogP contribution in [0.1, 0.15) is 207 Å². The highest BCUT2D eigenvalue weighted by Gasteiger charge is 2.30. The van der Waals surface area contributed by atoms with Crippen LogP contribution in [0.5, 0.6) is 0 Å². The van der Waals surface area contributed by atoms with E-state index >= 15 is 0 Å². The number of phosphoric ester groups is 1. The average Bonchev–Trinajstić information content (AvgIpc) is 3.22. The number of phosphoric acid groups is 1. The van der Waals surface area contributed by atoms with Crippen molar-refractivity contribution in [3.05, 3.63) is 60.8 Å². The predicted molar refractivity (Wildman–Crippen MR) is 263 cm³/mol. The number of quaternary nitrogens is 1. The van der Waals surface area contributed by atoms with Gasteiger partial charge in [0.25, 0.3) is 0 Å². The third-order valence-corrected chi connectivity index (χ3v) is 11.7. The zero-order chi connectivity index (χ0) is 45.8. The summed E-state index contributed by atoms with van der Waals surface area (Å²) in [6.45, 7) is 6.79. The molecule has 0 aromatic carbocycles. The fourth-order valence-corrected chi connectivity index (χ4v) is 7.54. The molecule has 0 aromatic rings. The molecule has 10 heteroatoms. The first kappa shape index (κ1) is 59.7. The van der Waals surface area contributed by atoms with E-state index in [1.165, 1.54) is 64.2 Å². The first-order valence-electron chi connectivity index (χ1n) is 25.1. The highest BCUT2D eigenvalue weighted by molar-refractivity contribution is 7.47. The normalized spacial score (nSPS) is 14.5. The number of nitrogens with zero attached hydrogens (tertiary/aromatic N) is 1. The summed E-state index contributed by atoms with van der Waals surface area (Å²) in [5, 5.41) is 3.01. The topological polar surface area (TPSA) is 111 Å². The molecule has 0 fully saturated rings. The van der Waals surface area contributed by atoms with Gasteiger partial charge in [-0.1, -0.05) is 185 Å². The van der Waals surface area contributed by atoms with Crippen LogP contribution in [0.3, 0.4) is 0 Å². The lowest BCUT2D eigenvalue weighted by molar-refractivity contribution is -0.870. The van der Waals surface area contributed by atoms with Gasteiger partial charge in [0.05, 0.1) is 33.8 Å². The fourth-order valence-electron chi connectivity index (χ4n) is 6.80. The van der Waals surface area contributed by atoms with Crippen LogP contribution in [0.15, 0.2) is 60.8 Å². The van der Waals surface area contributed by atoms with Crippen molar-refractivity contribution in [1.82, 2.24) is 5.32 Å². The summed E-state index contributed by atoms with van der Waals surface area (Å²) < 4.78 is 30.4. The van der Waals surface area contributed by atoms with Gasteiger partial charge in [-0.05, 0) is 70.3 Å². The highest BCUT2D eigenvalue weighted by atomic mass is 31.2. The SMILES string of the molecule is CC/C=C/C=C/C=C\CCCCCCCC(=O)NC(COP(=O)(O)OCC[N+](C)(C)C)C(/C=C/CCCCCCCCCCCC)OC(=O)CCCCCCC/C=C\CCCC. The molecule has 2 N–H and O–H groups in total. The molecule has 3 atom stereocenters. The van der Waals surface area contributed by atoms with Crippen molar-refractivity contribution in [3.63, 3.8) is 0 Å². The zero-order valence-corrected chi connectivity index (χ0v) is 41.7. The van der Waals surface area contributed by atoms with Crippen LogP contribution < -0.4 is 5.32 Å². The molecule has 0 aliphatic carbocycles. The van der Waals surface area contributed by atoms with Gasteiger partial charge in [0.15, 0.2) is 0 Å². The van der Waals surface area contributed by atoms with Crippen LogP contribution in [0, 0.1) is 0 Å². The smallest absolute Gasteiger partial charge is 0.456 e. The summed E-state index contributed by atoms with van der Waals surface area (Å²) in [4.78, 5) is 37.3. The van der Waals surface area contributed by atoms with Crippen LogP contribution >= 0.6 is 7.82 Å². The lowest BCUT2D eigenvalue weighted by Gasteiger charge is -2.27. The van der Waals surface area contributed by atoms with E-state index in [1.54, 1.807) is 0 Å². The summed E-state index contributed by atoms with van der Waals surface area (Å²) in [5.41, 5.74) is 0. The lowest BCUT2D eigenvalue weighted by atomic mass is 10.0.